The molecule has 1 unspecified atom stereocenters. The van der Waals surface area contributed by atoms with Crippen molar-refractivity contribution in [1.82, 2.24) is 15.2 Å². The summed E-state index contributed by atoms with van der Waals surface area (Å²) in [5, 5.41) is 5.03. The molecule has 2 N–H and O–H groups in total. The van der Waals surface area contributed by atoms with Crippen molar-refractivity contribution in [2.24, 2.45) is 0 Å². The van der Waals surface area contributed by atoms with E-state index in [1.165, 1.54) is 47.2 Å². The number of benzene rings is 2. The van der Waals surface area contributed by atoms with Gasteiger partial charge in [0.2, 0.25) is 0 Å². The van der Waals surface area contributed by atoms with Gasteiger partial charge >= 0.3 is 0 Å². The zero-order valence-electron chi connectivity index (χ0n) is 15.0. The van der Waals surface area contributed by atoms with E-state index >= 15 is 0 Å². The van der Waals surface area contributed by atoms with Gasteiger partial charge in [0.15, 0.2) is 0 Å². The van der Waals surface area contributed by atoms with Crippen LogP contribution in [0.4, 0.5) is 0 Å². The first-order valence-electron chi connectivity index (χ1n) is 9.66. The summed E-state index contributed by atoms with van der Waals surface area (Å²) in [5.74, 6) is 0.960. The van der Waals surface area contributed by atoms with E-state index in [0.29, 0.717) is 0 Å². The highest BCUT2D eigenvalue weighted by Crippen LogP contribution is 2.33. The van der Waals surface area contributed by atoms with Gasteiger partial charge in [0, 0.05) is 29.7 Å². The van der Waals surface area contributed by atoms with E-state index < -0.39 is 0 Å². The van der Waals surface area contributed by atoms with Crippen LogP contribution in [0.25, 0.3) is 10.9 Å². The molecule has 1 saturated heterocycles. The van der Waals surface area contributed by atoms with Crippen LogP contribution in [0.1, 0.15) is 29.3 Å². The van der Waals surface area contributed by atoms with Crippen molar-refractivity contribution >= 4 is 10.9 Å². The molecule has 134 valence electrons. The average Bonchev–Trinajstić information content (AvgIpc) is 3.03. The van der Waals surface area contributed by atoms with Crippen molar-refractivity contribution in [2.45, 2.75) is 18.9 Å². The number of aromatic amines is 1. The lowest BCUT2D eigenvalue weighted by atomic mass is 9.94. The molecule has 1 atom stereocenters. The smallest absolute Gasteiger partial charge is 0.119 e. The Labute approximate surface area is 154 Å². The van der Waals surface area contributed by atoms with Crippen molar-refractivity contribution in [1.29, 1.82) is 0 Å². The maximum Gasteiger partial charge on any atom is 0.119 e. The fraction of sp³-hybridized carbons (Fsp3) is 0.364. The van der Waals surface area contributed by atoms with E-state index in [9.17, 15) is 0 Å². The third kappa shape index (κ3) is 2.89. The molecule has 3 aromatic rings. The zero-order valence-corrected chi connectivity index (χ0v) is 15.0. The Morgan fingerprint density at radius 3 is 2.69 bits per heavy atom. The van der Waals surface area contributed by atoms with E-state index in [0.717, 1.165) is 31.9 Å². The van der Waals surface area contributed by atoms with Crippen LogP contribution in [-0.4, -0.2) is 42.7 Å². The fourth-order valence-corrected chi connectivity index (χ4v) is 4.12. The number of ether oxygens (including phenoxy) is 1. The van der Waals surface area contributed by atoms with Gasteiger partial charge < -0.3 is 15.0 Å². The van der Waals surface area contributed by atoms with Gasteiger partial charge in [0.1, 0.15) is 12.4 Å². The maximum atomic E-state index is 5.90. The van der Waals surface area contributed by atoms with Crippen molar-refractivity contribution in [2.75, 3.05) is 32.8 Å². The second-order valence-electron chi connectivity index (χ2n) is 7.31. The fourth-order valence-electron chi connectivity index (χ4n) is 4.12. The van der Waals surface area contributed by atoms with Crippen LogP contribution >= 0.6 is 0 Å². The van der Waals surface area contributed by atoms with Crippen molar-refractivity contribution in [3.05, 3.63) is 65.4 Å². The SMILES string of the molecule is c1ccc2c3c([nH]c2c1)C(c1ccc(OCCN2CCC2)cc1)NCC3. The van der Waals surface area contributed by atoms with Crippen molar-refractivity contribution < 1.29 is 4.74 Å². The van der Waals surface area contributed by atoms with Gasteiger partial charge in [-0.15, -0.1) is 0 Å². The molecular formula is C22H25N3O. The number of aromatic nitrogens is 1. The largest absolute Gasteiger partial charge is 0.492 e. The third-order valence-electron chi connectivity index (χ3n) is 5.70. The minimum absolute atomic E-state index is 0.223. The van der Waals surface area contributed by atoms with Gasteiger partial charge in [-0.2, -0.15) is 0 Å². The number of likely N-dealkylation sites (tertiary alicyclic amines) is 1. The molecule has 4 nitrogen and oxygen atoms in total. The molecule has 0 saturated carbocycles. The van der Waals surface area contributed by atoms with Crippen LogP contribution in [0.5, 0.6) is 5.75 Å². The van der Waals surface area contributed by atoms with E-state index in [1.807, 2.05) is 0 Å². The standard InChI is InChI=1S/C22H25N3O/c1-2-5-20-18(4-1)19-10-11-23-21(22(19)24-20)16-6-8-17(9-7-16)26-15-14-25-12-3-13-25/h1-2,4-9,21,23-24H,3,10-15H2. The molecule has 3 heterocycles. The minimum Gasteiger partial charge on any atom is -0.492 e. The van der Waals surface area contributed by atoms with Gasteiger partial charge in [-0.1, -0.05) is 30.3 Å². The highest BCUT2D eigenvalue weighted by Gasteiger charge is 2.25. The third-order valence-corrected chi connectivity index (χ3v) is 5.70. The predicted octanol–water partition coefficient (Wildman–Crippen LogP) is 3.49. The van der Waals surface area contributed by atoms with Gasteiger partial charge in [-0.25, -0.2) is 0 Å². The number of nitrogens with one attached hydrogen (secondary N) is 2. The molecule has 0 aliphatic carbocycles. The lowest BCUT2D eigenvalue weighted by Gasteiger charge is -2.30. The summed E-state index contributed by atoms with van der Waals surface area (Å²) >= 11 is 0. The Hall–Kier alpha value is -2.30. The molecule has 0 amide bonds. The number of H-pyrrole nitrogens is 1. The number of nitrogens with zero attached hydrogens (tertiary/aromatic N) is 1. The zero-order chi connectivity index (χ0) is 17.3. The number of rotatable bonds is 5. The van der Waals surface area contributed by atoms with Crippen molar-refractivity contribution in [3.63, 3.8) is 0 Å². The maximum absolute atomic E-state index is 5.90. The summed E-state index contributed by atoms with van der Waals surface area (Å²) < 4.78 is 5.90. The first-order valence-corrected chi connectivity index (χ1v) is 9.66. The Morgan fingerprint density at radius 1 is 1.04 bits per heavy atom. The Bertz CT molecular complexity index is 895. The van der Waals surface area contributed by atoms with Crippen LogP contribution in [-0.2, 0) is 6.42 Å². The van der Waals surface area contributed by atoms with Crippen LogP contribution in [0.2, 0.25) is 0 Å². The molecule has 5 rings (SSSR count). The summed E-state index contributed by atoms with van der Waals surface area (Å²) in [6.45, 7) is 5.26. The summed E-state index contributed by atoms with van der Waals surface area (Å²) in [5.41, 5.74) is 5.29. The summed E-state index contributed by atoms with van der Waals surface area (Å²) in [6.07, 6.45) is 2.41. The van der Waals surface area contributed by atoms with Crippen LogP contribution in [0.15, 0.2) is 48.5 Å². The molecule has 0 radical (unpaired) electrons. The second-order valence-corrected chi connectivity index (χ2v) is 7.31. The molecule has 26 heavy (non-hydrogen) atoms. The molecule has 1 aromatic heterocycles. The van der Waals surface area contributed by atoms with Crippen molar-refractivity contribution in [3.8, 4) is 5.75 Å². The second kappa shape index (κ2) is 6.78. The molecule has 1 fully saturated rings. The number of para-hydroxylation sites is 1. The molecule has 4 heteroatoms. The molecule has 0 spiro atoms. The number of hydrogen-bond donors (Lipinski definition) is 2. The minimum atomic E-state index is 0.223. The lowest BCUT2D eigenvalue weighted by molar-refractivity contribution is 0.147. The van der Waals surface area contributed by atoms with Gasteiger partial charge in [0.05, 0.1) is 6.04 Å². The van der Waals surface area contributed by atoms with E-state index in [4.69, 9.17) is 4.74 Å². The Kier molecular flexibility index (Phi) is 4.15. The Balaban J connectivity index is 1.34. The highest BCUT2D eigenvalue weighted by atomic mass is 16.5. The summed E-state index contributed by atoms with van der Waals surface area (Å²) in [4.78, 5) is 6.07. The van der Waals surface area contributed by atoms with E-state index in [-0.39, 0.29) is 6.04 Å². The van der Waals surface area contributed by atoms with Gasteiger partial charge in [-0.05, 0) is 55.3 Å². The first-order chi connectivity index (χ1) is 12.9. The molecule has 0 bridgehead atoms. The Morgan fingerprint density at radius 2 is 1.88 bits per heavy atom. The van der Waals surface area contributed by atoms with E-state index in [2.05, 4.69) is 63.7 Å². The van der Waals surface area contributed by atoms with Crippen LogP contribution < -0.4 is 10.1 Å². The highest BCUT2D eigenvalue weighted by molar-refractivity contribution is 5.85. The topological polar surface area (TPSA) is 40.3 Å². The molecule has 2 aliphatic rings. The van der Waals surface area contributed by atoms with Gasteiger partial charge in [-0.3, -0.25) is 4.90 Å². The first kappa shape index (κ1) is 15.9. The summed E-state index contributed by atoms with van der Waals surface area (Å²) in [7, 11) is 0. The molecule has 2 aliphatic heterocycles. The predicted molar refractivity (Wildman–Crippen MR) is 105 cm³/mol. The van der Waals surface area contributed by atoms with Gasteiger partial charge in [0.25, 0.3) is 0 Å². The lowest BCUT2D eigenvalue weighted by Crippen LogP contribution is -2.39. The quantitative estimate of drug-likeness (QED) is 0.742. The summed E-state index contributed by atoms with van der Waals surface area (Å²) in [6, 6.07) is 17.4. The van der Waals surface area contributed by atoms with E-state index in [1.54, 1.807) is 0 Å². The average molecular weight is 347 g/mol. The molecule has 2 aromatic carbocycles. The normalized spacial score (nSPS) is 19.9. The number of fused-ring (bicyclic) bond motifs is 3. The molecular weight excluding hydrogens is 322 g/mol. The monoisotopic (exact) mass is 347 g/mol. The van der Waals surface area contributed by atoms with Crippen LogP contribution in [0, 0.1) is 0 Å². The van der Waals surface area contributed by atoms with Crippen LogP contribution in [0.3, 0.4) is 0 Å². The number of hydrogen-bond acceptors (Lipinski definition) is 3.